The molecule has 0 aliphatic carbocycles. The van der Waals surface area contributed by atoms with Crippen LogP contribution in [0.25, 0.3) is 0 Å². The number of urea groups is 1. The van der Waals surface area contributed by atoms with Crippen LogP contribution in [0.1, 0.15) is 18.0 Å². The Morgan fingerprint density at radius 2 is 1.64 bits per heavy atom. The van der Waals surface area contributed by atoms with Crippen LogP contribution in [0.4, 0.5) is 10.5 Å². The number of rotatable bonds is 6. The van der Waals surface area contributed by atoms with Crippen LogP contribution >= 0.6 is 34.8 Å². The fraction of sp³-hybridized carbons (Fsp3) is 0.125. The highest BCUT2D eigenvalue weighted by atomic mass is 35.5. The highest BCUT2D eigenvalue weighted by Gasteiger charge is 2.18. The largest absolute Gasteiger partial charge is 0.352 e. The average Bonchev–Trinajstić information content (AvgIpc) is 2.53. The van der Waals surface area contributed by atoms with Crippen LogP contribution < -0.4 is 21.9 Å². The molecule has 0 bridgehead atoms. The van der Waals surface area contributed by atoms with Crippen molar-refractivity contribution in [3.05, 3.63) is 63.1 Å². The Labute approximate surface area is 159 Å². The van der Waals surface area contributed by atoms with Gasteiger partial charge < -0.3 is 11.1 Å². The van der Waals surface area contributed by atoms with Crippen molar-refractivity contribution in [1.29, 1.82) is 0 Å². The summed E-state index contributed by atoms with van der Waals surface area (Å²) in [5, 5.41) is 3.43. The molecule has 0 saturated heterocycles. The topological polar surface area (TPSA) is 96.2 Å². The van der Waals surface area contributed by atoms with Crippen molar-refractivity contribution in [2.75, 3.05) is 5.43 Å². The summed E-state index contributed by atoms with van der Waals surface area (Å²) in [7, 11) is 0. The lowest BCUT2D eigenvalue weighted by molar-refractivity contribution is -0.121. The quantitative estimate of drug-likeness (QED) is 0.553. The summed E-state index contributed by atoms with van der Waals surface area (Å²) >= 11 is 17.9. The van der Waals surface area contributed by atoms with Crippen LogP contribution in [0.5, 0.6) is 0 Å². The molecule has 0 aliphatic rings. The second-order valence-electron chi connectivity index (χ2n) is 5.09. The van der Waals surface area contributed by atoms with Gasteiger partial charge >= 0.3 is 6.03 Å². The highest BCUT2D eigenvalue weighted by molar-refractivity contribution is 6.41. The number of nitrogens with one attached hydrogen (secondary N) is 3. The molecule has 6 nitrogen and oxygen atoms in total. The van der Waals surface area contributed by atoms with Gasteiger partial charge in [-0.3, -0.25) is 15.6 Å². The number of hydrogen-bond donors (Lipinski definition) is 4. The number of amides is 3. The lowest BCUT2D eigenvalue weighted by atomic mass is 10.0. The Morgan fingerprint density at radius 1 is 1.04 bits per heavy atom. The van der Waals surface area contributed by atoms with E-state index >= 15 is 0 Å². The van der Waals surface area contributed by atoms with Crippen LogP contribution in [-0.4, -0.2) is 11.9 Å². The van der Waals surface area contributed by atoms with Crippen molar-refractivity contribution in [3.63, 3.8) is 0 Å². The molecule has 2 rings (SSSR count). The molecule has 0 radical (unpaired) electrons. The molecule has 0 aromatic heterocycles. The SMILES string of the molecule is NC(=O)NC(CC(=O)NNc1c(Cl)cc(Cl)cc1Cl)c1ccccc1. The lowest BCUT2D eigenvalue weighted by Gasteiger charge is -2.18. The lowest BCUT2D eigenvalue weighted by Crippen LogP contribution is -2.38. The van der Waals surface area contributed by atoms with Crippen molar-refractivity contribution in [3.8, 4) is 0 Å². The molecule has 25 heavy (non-hydrogen) atoms. The molecule has 3 amide bonds. The van der Waals surface area contributed by atoms with Crippen LogP contribution in [0.2, 0.25) is 15.1 Å². The molecule has 1 unspecified atom stereocenters. The summed E-state index contributed by atoms with van der Waals surface area (Å²) in [6, 6.07) is 10.7. The van der Waals surface area contributed by atoms with Gasteiger partial charge in [-0.15, -0.1) is 0 Å². The van der Waals surface area contributed by atoms with Gasteiger partial charge in [0.2, 0.25) is 5.91 Å². The first kappa shape index (κ1) is 19.2. The number of halogens is 3. The standard InChI is InChI=1S/C16H15Cl3N4O2/c17-10-6-11(18)15(12(19)7-10)23-22-14(24)8-13(21-16(20)25)9-4-2-1-3-5-9/h1-7,13,23H,8H2,(H,22,24)(H3,20,21,25). The minimum absolute atomic E-state index is 0.0389. The fourth-order valence-corrected chi connectivity index (χ4v) is 3.05. The zero-order valence-corrected chi connectivity index (χ0v) is 15.1. The zero-order chi connectivity index (χ0) is 18.4. The Hall–Kier alpha value is -2.15. The van der Waals surface area contributed by atoms with Gasteiger partial charge in [0.1, 0.15) is 0 Å². The fourth-order valence-electron chi connectivity index (χ4n) is 2.14. The molecule has 132 valence electrons. The Kier molecular flexibility index (Phi) is 6.75. The summed E-state index contributed by atoms with van der Waals surface area (Å²) in [6.45, 7) is 0. The van der Waals surface area contributed by atoms with Crippen LogP contribution in [0.3, 0.4) is 0 Å². The third kappa shape index (κ3) is 5.70. The van der Waals surface area contributed by atoms with E-state index in [2.05, 4.69) is 16.2 Å². The molecule has 5 N–H and O–H groups in total. The Balaban J connectivity index is 2.03. The second-order valence-corrected chi connectivity index (χ2v) is 6.34. The number of hydrazine groups is 1. The second kappa shape index (κ2) is 8.80. The molecular weight excluding hydrogens is 387 g/mol. The molecule has 9 heteroatoms. The van der Waals surface area contributed by atoms with Crippen molar-refractivity contribution in [2.24, 2.45) is 5.73 Å². The number of primary amides is 1. The van der Waals surface area contributed by atoms with E-state index in [1.54, 1.807) is 24.3 Å². The summed E-state index contributed by atoms with van der Waals surface area (Å²) in [5.74, 6) is -0.398. The van der Waals surface area contributed by atoms with Crippen molar-refractivity contribution in [1.82, 2.24) is 10.7 Å². The molecule has 1 atom stereocenters. The predicted molar refractivity (Wildman–Crippen MR) is 99.8 cm³/mol. The minimum Gasteiger partial charge on any atom is -0.352 e. The van der Waals surface area contributed by atoms with Gasteiger partial charge in [-0.2, -0.15) is 0 Å². The smallest absolute Gasteiger partial charge is 0.312 e. The molecule has 0 spiro atoms. The number of nitrogens with two attached hydrogens (primary N) is 1. The monoisotopic (exact) mass is 400 g/mol. The van der Waals surface area contributed by atoms with Gasteiger partial charge in [-0.05, 0) is 17.7 Å². The summed E-state index contributed by atoms with van der Waals surface area (Å²) in [5.41, 5.74) is 11.4. The Morgan fingerprint density at radius 3 is 2.20 bits per heavy atom. The first-order valence-electron chi connectivity index (χ1n) is 7.17. The molecule has 0 fully saturated rings. The summed E-state index contributed by atoms with van der Waals surface area (Å²) < 4.78 is 0. The number of anilines is 1. The van der Waals surface area contributed by atoms with Gasteiger partial charge in [-0.25, -0.2) is 4.79 Å². The summed E-state index contributed by atoms with van der Waals surface area (Å²) in [4.78, 5) is 23.4. The molecule has 0 aliphatic heterocycles. The average molecular weight is 402 g/mol. The van der Waals surface area contributed by atoms with Gasteiger partial charge in [0.25, 0.3) is 0 Å². The zero-order valence-electron chi connectivity index (χ0n) is 12.9. The van der Waals surface area contributed by atoms with Gasteiger partial charge in [-0.1, -0.05) is 65.1 Å². The van der Waals surface area contributed by atoms with E-state index in [1.165, 1.54) is 12.1 Å². The Bertz CT molecular complexity index is 748. The van der Waals surface area contributed by atoms with Gasteiger partial charge in [0.15, 0.2) is 0 Å². The number of hydrogen-bond acceptors (Lipinski definition) is 3. The maximum absolute atomic E-state index is 12.2. The third-order valence-electron chi connectivity index (χ3n) is 3.24. The van der Waals surface area contributed by atoms with E-state index < -0.39 is 18.0 Å². The van der Waals surface area contributed by atoms with E-state index in [9.17, 15) is 9.59 Å². The summed E-state index contributed by atoms with van der Waals surface area (Å²) in [6.07, 6.45) is -0.0389. The third-order valence-corrected chi connectivity index (χ3v) is 4.06. The molecule has 2 aromatic rings. The first-order chi connectivity index (χ1) is 11.9. The molecule has 0 saturated carbocycles. The van der Waals surface area contributed by atoms with Crippen molar-refractivity contribution < 1.29 is 9.59 Å². The molecular formula is C16H15Cl3N4O2. The van der Waals surface area contributed by atoms with E-state index in [0.717, 1.165) is 5.56 Å². The number of carbonyl (C=O) groups excluding carboxylic acids is 2. The van der Waals surface area contributed by atoms with Gasteiger partial charge in [0, 0.05) is 5.02 Å². The normalized spacial score (nSPS) is 11.5. The minimum atomic E-state index is -0.724. The van der Waals surface area contributed by atoms with Gasteiger partial charge in [0.05, 0.1) is 28.2 Å². The van der Waals surface area contributed by atoms with Crippen LogP contribution in [0.15, 0.2) is 42.5 Å². The van der Waals surface area contributed by atoms with E-state index in [0.29, 0.717) is 10.7 Å². The molecule has 2 aromatic carbocycles. The highest BCUT2D eigenvalue weighted by Crippen LogP contribution is 2.33. The molecule has 0 heterocycles. The van der Waals surface area contributed by atoms with E-state index in [1.807, 2.05) is 6.07 Å². The van der Waals surface area contributed by atoms with E-state index in [-0.39, 0.29) is 16.5 Å². The first-order valence-corrected chi connectivity index (χ1v) is 8.30. The maximum atomic E-state index is 12.2. The van der Waals surface area contributed by atoms with Crippen LogP contribution in [-0.2, 0) is 4.79 Å². The van der Waals surface area contributed by atoms with E-state index in [4.69, 9.17) is 40.5 Å². The van der Waals surface area contributed by atoms with Crippen molar-refractivity contribution >= 4 is 52.4 Å². The van der Waals surface area contributed by atoms with Crippen molar-refractivity contribution in [2.45, 2.75) is 12.5 Å². The van der Waals surface area contributed by atoms with Crippen LogP contribution in [0, 0.1) is 0 Å². The predicted octanol–water partition coefficient (Wildman–Crippen LogP) is 3.89. The maximum Gasteiger partial charge on any atom is 0.312 e. The number of benzene rings is 2. The number of carbonyl (C=O) groups is 2.